The molecule has 1 fully saturated rings. The smallest absolute Gasteiger partial charge is 0.145 e. The Labute approximate surface area is 112 Å². The Bertz CT molecular complexity index is 376. The van der Waals surface area contributed by atoms with Crippen molar-refractivity contribution in [1.82, 2.24) is 10.3 Å². The Balaban J connectivity index is 1.93. The molecule has 17 heavy (non-hydrogen) atoms. The summed E-state index contributed by atoms with van der Waals surface area (Å²) in [5.74, 6) is 0.740. The van der Waals surface area contributed by atoms with Gasteiger partial charge < -0.3 is 10.6 Å². The van der Waals surface area contributed by atoms with Crippen molar-refractivity contribution in [2.45, 2.75) is 37.8 Å². The Morgan fingerprint density at radius 1 is 1.18 bits per heavy atom. The Morgan fingerprint density at radius 2 is 1.82 bits per heavy atom. The van der Waals surface area contributed by atoms with E-state index in [-0.39, 0.29) is 0 Å². The lowest BCUT2D eigenvalue weighted by atomic mass is 9.91. The molecule has 2 rings (SSSR count). The summed E-state index contributed by atoms with van der Waals surface area (Å²) in [5, 5.41) is 7.87. The zero-order chi connectivity index (χ0) is 12.3. The molecule has 0 bridgehead atoms. The van der Waals surface area contributed by atoms with Crippen LogP contribution in [0.4, 0.5) is 5.82 Å². The van der Waals surface area contributed by atoms with E-state index in [1.165, 1.54) is 12.8 Å². The number of hydrogen-bond acceptors (Lipinski definition) is 3. The van der Waals surface area contributed by atoms with Crippen LogP contribution in [0.15, 0.2) is 12.3 Å². The van der Waals surface area contributed by atoms with Crippen LogP contribution in [0.1, 0.15) is 25.7 Å². The molecule has 0 saturated heterocycles. The van der Waals surface area contributed by atoms with Crippen molar-refractivity contribution in [3.63, 3.8) is 0 Å². The maximum Gasteiger partial charge on any atom is 0.145 e. The molecule has 1 heterocycles. The minimum Gasteiger partial charge on any atom is -0.366 e. The standard InChI is InChI=1S/C12H17Cl2N3/c1-15-9-2-4-10(5-3-9)17-12-11(14)6-8(13)7-16-12/h6-7,9-10,15H,2-5H2,1H3,(H,16,17). The molecule has 0 unspecified atom stereocenters. The largest absolute Gasteiger partial charge is 0.366 e. The van der Waals surface area contributed by atoms with Crippen LogP contribution in [0.5, 0.6) is 0 Å². The van der Waals surface area contributed by atoms with Gasteiger partial charge in [-0.15, -0.1) is 0 Å². The van der Waals surface area contributed by atoms with Gasteiger partial charge >= 0.3 is 0 Å². The number of pyridine rings is 1. The molecule has 0 aromatic carbocycles. The van der Waals surface area contributed by atoms with Crippen LogP contribution in [-0.2, 0) is 0 Å². The molecule has 94 valence electrons. The summed E-state index contributed by atoms with van der Waals surface area (Å²) in [5.41, 5.74) is 0. The third-order valence-corrected chi connectivity index (χ3v) is 3.78. The van der Waals surface area contributed by atoms with Crippen LogP contribution in [-0.4, -0.2) is 24.1 Å². The highest BCUT2D eigenvalue weighted by atomic mass is 35.5. The average Bonchev–Trinajstić information content (AvgIpc) is 2.34. The maximum atomic E-state index is 6.08. The first-order chi connectivity index (χ1) is 8.19. The molecule has 1 aliphatic rings. The van der Waals surface area contributed by atoms with Gasteiger partial charge in [-0.2, -0.15) is 0 Å². The van der Waals surface area contributed by atoms with Crippen molar-refractivity contribution in [2.75, 3.05) is 12.4 Å². The van der Waals surface area contributed by atoms with E-state index in [0.29, 0.717) is 22.1 Å². The molecule has 0 aliphatic heterocycles. The number of halogens is 2. The van der Waals surface area contributed by atoms with Crippen LogP contribution < -0.4 is 10.6 Å². The molecule has 1 saturated carbocycles. The van der Waals surface area contributed by atoms with Crippen LogP contribution in [0.2, 0.25) is 10.0 Å². The van der Waals surface area contributed by atoms with Crippen LogP contribution in [0.3, 0.4) is 0 Å². The van der Waals surface area contributed by atoms with Gasteiger partial charge in [-0.05, 0) is 38.8 Å². The first-order valence-corrected chi connectivity index (χ1v) is 6.69. The van der Waals surface area contributed by atoms with Crippen LogP contribution in [0, 0.1) is 0 Å². The van der Waals surface area contributed by atoms with Gasteiger partial charge in [0.1, 0.15) is 5.82 Å². The second kappa shape index (κ2) is 5.89. The fourth-order valence-electron chi connectivity index (χ4n) is 2.24. The minimum atomic E-state index is 0.464. The normalized spacial score (nSPS) is 24.6. The third kappa shape index (κ3) is 3.47. The van der Waals surface area contributed by atoms with Crippen molar-refractivity contribution in [3.05, 3.63) is 22.3 Å². The molecule has 1 aliphatic carbocycles. The number of hydrogen-bond donors (Lipinski definition) is 2. The summed E-state index contributed by atoms with van der Waals surface area (Å²) in [7, 11) is 2.02. The molecule has 5 heteroatoms. The van der Waals surface area contributed by atoms with Crippen molar-refractivity contribution in [2.24, 2.45) is 0 Å². The van der Waals surface area contributed by atoms with Crippen molar-refractivity contribution >= 4 is 29.0 Å². The zero-order valence-corrected chi connectivity index (χ0v) is 11.4. The van der Waals surface area contributed by atoms with E-state index in [4.69, 9.17) is 23.2 Å². The first-order valence-electron chi connectivity index (χ1n) is 5.94. The molecule has 2 N–H and O–H groups in total. The summed E-state index contributed by atoms with van der Waals surface area (Å²) in [6.07, 6.45) is 6.30. The number of rotatable bonds is 3. The second-order valence-electron chi connectivity index (χ2n) is 4.47. The highest BCUT2D eigenvalue weighted by molar-refractivity contribution is 6.35. The number of nitrogens with one attached hydrogen (secondary N) is 2. The molecule has 1 aromatic heterocycles. The van der Waals surface area contributed by atoms with Crippen LogP contribution in [0.25, 0.3) is 0 Å². The van der Waals surface area contributed by atoms with Gasteiger partial charge in [-0.1, -0.05) is 23.2 Å². The van der Waals surface area contributed by atoms with Gasteiger partial charge in [-0.3, -0.25) is 0 Å². The van der Waals surface area contributed by atoms with Crippen molar-refractivity contribution in [3.8, 4) is 0 Å². The molecule has 0 atom stereocenters. The predicted octanol–water partition coefficient (Wildman–Crippen LogP) is 3.33. The maximum absolute atomic E-state index is 6.08. The zero-order valence-electron chi connectivity index (χ0n) is 9.84. The van der Waals surface area contributed by atoms with E-state index < -0.39 is 0 Å². The van der Waals surface area contributed by atoms with E-state index >= 15 is 0 Å². The van der Waals surface area contributed by atoms with E-state index in [9.17, 15) is 0 Å². The number of nitrogens with zero attached hydrogens (tertiary/aromatic N) is 1. The summed E-state index contributed by atoms with van der Waals surface area (Å²) in [6.45, 7) is 0. The first kappa shape index (κ1) is 12.9. The minimum absolute atomic E-state index is 0.464. The number of anilines is 1. The predicted molar refractivity (Wildman–Crippen MR) is 73.0 cm³/mol. The quantitative estimate of drug-likeness (QED) is 0.887. The van der Waals surface area contributed by atoms with Crippen molar-refractivity contribution in [1.29, 1.82) is 0 Å². The second-order valence-corrected chi connectivity index (χ2v) is 5.31. The van der Waals surface area contributed by atoms with Gasteiger partial charge in [0.25, 0.3) is 0 Å². The Morgan fingerprint density at radius 3 is 2.41 bits per heavy atom. The van der Waals surface area contributed by atoms with Gasteiger partial charge in [0, 0.05) is 18.3 Å². The highest BCUT2D eigenvalue weighted by Crippen LogP contribution is 2.26. The fraction of sp³-hybridized carbons (Fsp3) is 0.583. The lowest BCUT2D eigenvalue weighted by molar-refractivity contribution is 0.371. The fourth-order valence-corrected chi connectivity index (χ4v) is 2.68. The average molecular weight is 274 g/mol. The molecular formula is C12H17Cl2N3. The molecule has 0 amide bonds. The third-order valence-electron chi connectivity index (χ3n) is 3.28. The van der Waals surface area contributed by atoms with Gasteiger partial charge in [0.05, 0.1) is 10.0 Å². The van der Waals surface area contributed by atoms with E-state index in [1.54, 1.807) is 12.3 Å². The van der Waals surface area contributed by atoms with Gasteiger partial charge in [-0.25, -0.2) is 4.98 Å². The SMILES string of the molecule is CNC1CCC(Nc2ncc(Cl)cc2Cl)CC1. The van der Waals surface area contributed by atoms with Gasteiger partial charge in [0.2, 0.25) is 0 Å². The summed E-state index contributed by atoms with van der Waals surface area (Å²) < 4.78 is 0. The molecule has 1 aromatic rings. The topological polar surface area (TPSA) is 37.0 Å². The number of aromatic nitrogens is 1. The molecule has 3 nitrogen and oxygen atoms in total. The van der Waals surface area contributed by atoms with Gasteiger partial charge in [0.15, 0.2) is 0 Å². The summed E-state index contributed by atoms with van der Waals surface area (Å²) in [6, 6.07) is 2.84. The lowest BCUT2D eigenvalue weighted by Gasteiger charge is -2.29. The van der Waals surface area contributed by atoms with E-state index in [2.05, 4.69) is 15.6 Å². The Hall–Kier alpha value is -0.510. The van der Waals surface area contributed by atoms with E-state index in [1.807, 2.05) is 7.05 Å². The van der Waals surface area contributed by atoms with Crippen molar-refractivity contribution < 1.29 is 0 Å². The Kier molecular flexibility index (Phi) is 4.48. The molecule has 0 spiro atoms. The molecular weight excluding hydrogens is 257 g/mol. The summed E-state index contributed by atoms with van der Waals surface area (Å²) in [4.78, 5) is 4.22. The highest BCUT2D eigenvalue weighted by Gasteiger charge is 2.20. The van der Waals surface area contributed by atoms with E-state index in [0.717, 1.165) is 18.7 Å². The van der Waals surface area contributed by atoms with Crippen LogP contribution >= 0.6 is 23.2 Å². The lowest BCUT2D eigenvalue weighted by Crippen LogP contribution is -2.35. The monoisotopic (exact) mass is 273 g/mol. The molecule has 0 radical (unpaired) electrons. The summed E-state index contributed by atoms with van der Waals surface area (Å²) >= 11 is 11.9.